The topological polar surface area (TPSA) is 50.4 Å². The van der Waals surface area contributed by atoms with E-state index in [4.69, 9.17) is 27.6 Å². The maximum absolute atomic E-state index is 11.8. The molecular weight excluding hydrogens is 395 g/mol. The van der Waals surface area contributed by atoms with Gasteiger partial charge in [0.05, 0.1) is 0 Å². The minimum atomic E-state index is -0.152. The fourth-order valence-electron chi connectivity index (χ4n) is 2.92. The van der Waals surface area contributed by atoms with E-state index in [0.29, 0.717) is 27.1 Å². The normalized spacial score (nSPS) is 11.7. The number of fused-ring (bicyclic) bond motifs is 1. The Labute approximate surface area is 171 Å². The lowest BCUT2D eigenvalue weighted by Crippen LogP contribution is -1.99. The van der Waals surface area contributed by atoms with Gasteiger partial charge in [0, 0.05) is 32.8 Å². The molecular formula is C23H14Cl2O3. The van der Waals surface area contributed by atoms with Crippen LogP contribution in [0.4, 0.5) is 0 Å². The Bertz CT molecular complexity index is 1190. The average Bonchev–Trinajstić information content (AvgIpc) is 2.68. The van der Waals surface area contributed by atoms with E-state index in [-0.39, 0.29) is 11.2 Å². The summed E-state index contributed by atoms with van der Waals surface area (Å²) in [4.78, 5) is 11.8. The quantitative estimate of drug-likeness (QED) is 0.380. The predicted molar refractivity (Wildman–Crippen MR) is 114 cm³/mol. The first kappa shape index (κ1) is 18.4. The Morgan fingerprint density at radius 3 is 2.14 bits per heavy atom. The molecule has 0 amide bonds. The van der Waals surface area contributed by atoms with Crippen LogP contribution < -0.4 is 5.43 Å². The fourth-order valence-corrected chi connectivity index (χ4v) is 3.17. The van der Waals surface area contributed by atoms with Crippen molar-refractivity contribution in [1.82, 2.24) is 0 Å². The van der Waals surface area contributed by atoms with Crippen molar-refractivity contribution in [2.45, 2.75) is 0 Å². The highest BCUT2D eigenvalue weighted by Gasteiger charge is 2.14. The predicted octanol–water partition coefficient (Wildman–Crippen LogP) is 6.77. The van der Waals surface area contributed by atoms with Gasteiger partial charge in [0.1, 0.15) is 17.3 Å². The van der Waals surface area contributed by atoms with Crippen LogP contribution in [0.3, 0.4) is 0 Å². The van der Waals surface area contributed by atoms with Gasteiger partial charge in [-0.1, -0.05) is 23.2 Å². The number of hydrogen-bond donors (Lipinski definition) is 1. The summed E-state index contributed by atoms with van der Waals surface area (Å²) in [5.74, 6) is 1.08. The van der Waals surface area contributed by atoms with Crippen LogP contribution in [0.2, 0.25) is 10.0 Å². The lowest BCUT2D eigenvalue weighted by molar-refractivity contribution is 0.515. The Morgan fingerprint density at radius 2 is 1.46 bits per heavy atom. The number of rotatable bonds is 3. The van der Waals surface area contributed by atoms with Crippen LogP contribution in [0, 0.1) is 0 Å². The van der Waals surface area contributed by atoms with E-state index in [1.165, 1.54) is 12.1 Å². The second kappa shape index (κ2) is 7.55. The molecule has 1 aliphatic carbocycles. The Hall–Kier alpha value is -3.01. The van der Waals surface area contributed by atoms with Gasteiger partial charge >= 0.3 is 0 Å². The molecule has 2 aromatic rings. The molecule has 1 N–H and O–H groups in total. The van der Waals surface area contributed by atoms with Gasteiger partial charge in [-0.3, -0.25) is 4.79 Å². The molecule has 4 rings (SSSR count). The average molecular weight is 409 g/mol. The van der Waals surface area contributed by atoms with Crippen molar-refractivity contribution in [3.63, 3.8) is 0 Å². The maximum atomic E-state index is 11.8. The van der Waals surface area contributed by atoms with Crippen molar-refractivity contribution >= 4 is 35.0 Å². The monoisotopic (exact) mass is 408 g/mol. The largest absolute Gasteiger partial charge is 0.507 e. The van der Waals surface area contributed by atoms with E-state index < -0.39 is 0 Å². The third-order valence-electron chi connectivity index (χ3n) is 4.33. The SMILES string of the molecule is O=c1ccc2c(C=C(O)c3ccc(Cl)cc3)cc(-c3ccc(Cl)cc3)oc-2c1. The number of benzene rings is 3. The minimum absolute atomic E-state index is 0.0809. The van der Waals surface area contributed by atoms with Gasteiger partial charge in [0.15, 0.2) is 5.43 Å². The molecule has 3 nitrogen and oxygen atoms in total. The third kappa shape index (κ3) is 3.81. The van der Waals surface area contributed by atoms with Gasteiger partial charge in [-0.05, 0) is 78.4 Å². The molecule has 0 saturated heterocycles. The van der Waals surface area contributed by atoms with Crippen molar-refractivity contribution in [2.24, 2.45) is 0 Å². The summed E-state index contributed by atoms with van der Waals surface area (Å²) >= 11 is 11.9. The molecule has 28 heavy (non-hydrogen) atoms. The van der Waals surface area contributed by atoms with Gasteiger partial charge in [0.2, 0.25) is 0 Å². The zero-order valence-corrected chi connectivity index (χ0v) is 16.0. The number of halogens is 2. The zero-order valence-electron chi connectivity index (χ0n) is 14.5. The molecule has 5 heteroatoms. The van der Waals surface area contributed by atoms with Crippen molar-refractivity contribution in [3.05, 3.63) is 104 Å². The summed E-state index contributed by atoms with van der Waals surface area (Å²) in [7, 11) is 0. The summed E-state index contributed by atoms with van der Waals surface area (Å²) in [5.41, 5.74) is 2.73. The van der Waals surface area contributed by atoms with Crippen molar-refractivity contribution in [2.75, 3.05) is 0 Å². The molecule has 0 atom stereocenters. The van der Waals surface area contributed by atoms with E-state index in [1.807, 2.05) is 18.2 Å². The number of aliphatic hydroxyl groups excluding tert-OH is 1. The third-order valence-corrected chi connectivity index (χ3v) is 4.84. The molecule has 1 heterocycles. The van der Waals surface area contributed by atoms with Crippen LogP contribution in [0.15, 0.2) is 82.0 Å². The molecule has 0 bridgehead atoms. The summed E-state index contributed by atoms with van der Waals surface area (Å²) < 4.78 is 5.94. The van der Waals surface area contributed by atoms with E-state index in [1.54, 1.807) is 48.5 Å². The first-order valence-electron chi connectivity index (χ1n) is 8.50. The first-order valence-corrected chi connectivity index (χ1v) is 9.26. The van der Waals surface area contributed by atoms with Gasteiger partial charge in [-0.25, -0.2) is 0 Å². The highest BCUT2D eigenvalue weighted by molar-refractivity contribution is 6.30. The summed E-state index contributed by atoms with van der Waals surface area (Å²) in [6.07, 6.45) is 1.64. The summed E-state index contributed by atoms with van der Waals surface area (Å²) in [6, 6.07) is 20.5. The van der Waals surface area contributed by atoms with Gasteiger partial charge in [-0.15, -0.1) is 0 Å². The van der Waals surface area contributed by atoms with Gasteiger partial charge < -0.3 is 9.52 Å². The standard InChI is InChI=1S/C23H14Cl2O3/c24-17-5-1-14(2-6-17)21(27)11-16-12-22(15-3-7-18(25)8-4-15)28-23-13-19(26)9-10-20(16)23/h1-13,27H. The molecule has 2 aromatic carbocycles. The zero-order chi connectivity index (χ0) is 19.7. The van der Waals surface area contributed by atoms with E-state index in [0.717, 1.165) is 16.7 Å². The van der Waals surface area contributed by atoms with Crippen LogP contribution in [-0.4, -0.2) is 5.11 Å². The van der Waals surface area contributed by atoms with E-state index in [2.05, 4.69) is 0 Å². The lowest BCUT2D eigenvalue weighted by Gasteiger charge is -2.12. The van der Waals surface area contributed by atoms with Crippen LogP contribution in [0.25, 0.3) is 34.5 Å². The second-order valence-electron chi connectivity index (χ2n) is 6.27. The maximum Gasteiger partial charge on any atom is 0.182 e. The summed E-state index contributed by atoms with van der Waals surface area (Å²) in [5, 5.41) is 11.8. The fraction of sp³-hybridized carbons (Fsp3) is 0. The summed E-state index contributed by atoms with van der Waals surface area (Å²) in [6.45, 7) is 0. The highest BCUT2D eigenvalue weighted by atomic mass is 35.5. The first-order chi connectivity index (χ1) is 13.5. The van der Waals surface area contributed by atoms with Crippen LogP contribution in [0.1, 0.15) is 11.1 Å². The van der Waals surface area contributed by atoms with E-state index in [9.17, 15) is 9.90 Å². The molecule has 0 radical (unpaired) electrons. The van der Waals surface area contributed by atoms with Crippen molar-refractivity contribution in [3.8, 4) is 22.6 Å². The smallest absolute Gasteiger partial charge is 0.182 e. The molecule has 0 unspecified atom stereocenters. The molecule has 0 saturated carbocycles. The van der Waals surface area contributed by atoms with Crippen LogP contribution >= 0.6 is 23.2 Å². The highest BCUT2D eigenvalue weighted by Crippen LogP contribution is 2.34. The molecule has 0 fully saturated rings. The van der Waals surface area contributed by atoms with Crippen LogP contribution in [-0.2, 0) is 0 Å². The number of hydrogen-bond acceptors (Lipinski definition) is 3. The van der Waals surface area contributed by atoms with Gasteiger partial charge in [-0.2, -0.15) is 0 Å². The number of aliphatic hydroxyl groups is 1. The molecule has 2 aliphatic rings. The van der Waals surface area contributed by atoms with E-state index >= 15 is 0 Å². The molecule has 0 spiro atoms. The van der Waals surface area contributed by atoms with Gasteiger partial charge in [0.25, 0.3) is 0 Å². The Kier molecular flexibility index (Phi) is 4.95. The minimum Gasteiger partial charge on any atom is -0.507 e. The Balaban J connectivity index is 1.89. The molecule has 138 valence electrons. The van der Waals surface area contributed by atoms with Crippen LogP contribution in [0.5, 0.6) is 0 Å². The molecule has 0 aromatic heterocycles. The molecule has 1 aliphatic heterocycles. The van der Waals surface area contributed by atoms with Crippen molar-refractivity contribution in [1.29, 1.82) is 0 Å². The van der Waals surface area contributed by atoms with Crippen molar-refractivity contribution < 1.29 is 9.52 Å². The lowest BCUT2D eigenvalue weighted by atomic mass is 10.00. The second-order valence-corrected chi connectivity index (χ2v) is 7.14. The Morgan fingerprint density at radius 1 is 0.821 bits per heavy atom.